The molecule has 2 heterocycles. The molecule has 6 rings (SSSR count). The lowest BCUT2D eigenvalue weighted by Gasteiger charge is -2.38. The molecular formula is C39H57N7O6. The van der Waals surface area contributed by atoms with Crippen LogP contribution in [-0.4, -0.2) is 80.9 Å². The van der Waals surface area contributed by atoms with Crippen molar-refractivity contribution in [2.75, 3.05) is 6.54 Å². The van der Waals surface area contributed by atoms with Crippen molar-refractivity contribution in [1.82, 2.24) is 30.8 Å². The molecule has 5 N–H and O–H groups in total. The number of carbonyl (C=O) groups is 6. The lowest BCUT2D eigenvalue weighted by atomic mass is 9.73. The summed E-state index contributed by atoms with van der Waals surface area (Å²) in [5, 5.41) is 8.83. The van der Waals surface area contributed by atoms with E-state index in [1.165, 1.54) is 18.6 Å². The Balaban J connectivity index is 1.28. The van der Waals surface area contributed by atoms with Gasteiger partial charge >= 0.3 is 0 Å². The van der Waals surface area contributed by atoms with Crippen LogP contribution in [0.15, 0.2) is 18.6 Å². The maximum atomic E-state index is 15.0. The van der Waals surface area contributed by atoms with Crippen molar-refractivity contribution in [2.24, 2.45) is 39.2 Å². The number of carbonyl (C=O) groups excluding carboxylic acids is 6. The summed E-state index contributed by atoms with van der Waals surface area (Å²) in [5.41, 5.74) is 4.36. The lowest BCUT2D eigenvalue weighted by molar-refractivity contribution is -0.145. The average molecular weight is 720 g/mol. The molecule has 0 aromatic carbocycles. The van der Waals surface area contributed by atoms with E-state index in [0.717, 1.165) is 70.6 Å². The zero-order valence-electron chi connectivity index (χ0n) is 31.5. The van der Waals surface area contributed by atoms with Crippen LogP contribution in [0.3, 0.4) is 0 Å². The van der Waals surface area contributed by atoms with E-state index in [1.807, 2.05) is 20.8 Å². The minimum atomic E-state index is -1.09. The number of nitrogens with two attached hydrogens (primary N) is 1. The summed E-state index contributed by atoms with van der Waals surface area (Å²) in [7, 11) is 0. The standard InChI is InChI=1S/C39H57N7O6/c1-36(2,3)30(45-34(51)28(24-13-7-6-8-14-24)44-32(49)26-21-41-17-18-42-26)35(52)46-22-39(37(4,5)38(39)15-10-16-38)20-27(46)33(50)43-25(29(47)31(40)48)19-23-11-9-12-23/h17-18,21,23-25,27-28,30H,6-16,19-20,22H2,1-5H3,(H2,40,48)(H,43,50)(H,44,49)(H,45,51)/t25?,27-,28-,30+,39+/m0/s1. The highest BCUT2D eigenvalue weighted by Crippen LogP contribution is 2.88. The number of nitrogens with zero attached hydrogens (tertiary/aromatic N) is 3. The van der Waals surface area contributed by atoms with Gasteiger partial charge in [-0.15, -0.1) is 0 Å². The van der Waals surface area contributed by atoms with Gasteiger partial charge in [0, 0.05) is 24.4 Å². The van der Waals surface area contributed by atoms with E-state index in [0.29, 0.717) is 19.4 Å². The Morgan fingerprint density at radius 1 is 0.904 bits per heavy atom. The van der Waals surface area contributed by atoms with Crippen molar-refractivity contribution < 1.29 is 28.8 Å². The number of amides is 5. The van der Waals surface area contributed by atoms with E-state index in [2.05, 4.69) is 39.8 Å². The van der Waals surface area contributed by atoms with Crippen molar-refractivity contribution >= 4 is 35.3 Å². The summed E-state index contributed by atoms with van der Waals surface area (Å²) in [6.45, 7) is 10.4. The topological polar surface area (TPSA) is 194 Å². The predicted octanol–water partition coefficient (Wildman–Crippen LogP) is 3.21. The molecule has 4 saturated carbocycles. The van der Waals surface area contributed by atoms with Crippen LogP contribution >= 0.6 is 0 Å². The van der Waals surface area contributed by atoms with Gasteiger partial charge in [-0.1, -0.05) is 79.6 Å². The highest BCUT2D eigenvalue weighted by Gasteiger charge is 2.85. The van der Waals surface area contributed by atoms with Crippen LogP contribution in [0.4, 0.5) is 0 Å². The summed E-state index contributed by atoms with van der Waals surface area (Å²) in [4.78, 5) is 91.6. The Hall–Kier alpha value is -3.90. The molecule has 0 radical (unpaired) electrons. The number of likely N-dealkylation sites (tertiary alicyclic amines) is 1. The van der Waals surface area contributed by atoms with E-state index in [1.54, 1.807) is 4.90 Å². The summed E-state index contributed by atoms with van der Waals surface area (Å²) < 4.78 is 0. The number of fused-ring (bicyclic) bond motifs is 1. The fourth-order valence-electron chi connectivity index (χ4n) is 10.3. The first kappa shape index (κ1) is 37.8. The van der Waals surface area contributed by atoms with Crippen molar-refractivity contribution in [3.63, 3.8) is 0 Å². The molecule has 5 fully saturated rings. The van der Waals surface area contributed by atoms with Gasteiger partial charge in [0.2, 0.25) is 23.5 Å². The first-order valence-corrected chi connectivity index (χ1v) is 19.3. The second-order valence-corrected chi connectivity index (χ2v) is 17.9. The van der Waals surface area contributed by atoms with E-state index in [9.17, 15) is 28.8 Å². The number of rotatable bonds is 12. The van der Waals surface area contributed by atoms with Crippen LogP contribution in [0, 0.1) is 33.5 Å². The van der Waals surface area contributed by atoms with Gasteiger partial charge in [0.05, 0.1) is 12.2 Å². The number of aromatic nitrogens is 2. The van der Waals surface area contributed by atoms with Gasteiger partial charge in [-0.2, -0.15) is 0 Å². The highest BCUT2D eigenvalue weighted by molar-refractivity contribution is 6.37. The molecular weight excluding hydrogens is 662 g/mol. The van der Waals surface area contributed by atoms with Gasteiger partial charge in [-0.05, 0) is 66.6 Å². The fourth-order valence-corrected chi connectivity index (χ4v) is 10.3. The fraction of sp³-hybridized carbons (Fsp3) is 0.744. The molecule has 1 aliphatic heterocycles. The molecule has 5 amide bonds. The minimum Gasteiger partial charge on any atom is -0.363 e. The Kier molecular flexibility index (Phi) is 10.3. The average Bonchev–Trinajstić information content (AvgIpc) is 3.28. The van der Waals surface area contributed by atoms with Crippen LogP contribution in [-0.2, 0) is 24.0 Å². The second kappa shape index (κ2) is 14.2. The first-order chi connectivity index (χ1) is 24.5. The van der Waals surface area contributed by atoms with Crippen LogP contribution in [0.5, 0.6) is 0 Å². The first-order valence-electron chi connectivity index (χ1n) is 19.3. The quantitative estimate of drug-likeness (QED) is 0.237. The van der Waals surface area contributed by atoms with Gasteiger partial charge in [0.1, 0.15) is 23.8 Å². The third kappa shape index (κ3) is 6.61. The SMILES string of the molecule is CC(C)(C)[C@H](NC(=O)[C@@H](NC(=O)c1cnccn1)C1CCCCC1)C(=O)N1C[C@]2(C[C@H]1C(=O)NC(CC1CCC1)C(=O)C(N)=O)C(C)(C)C21CCC1. The molecule has 13 nitrogen and oxygen atoms in total. The van der Waals surface area contributed by atoms with Crippen LogP contribution in [0.1, 0.15) is 129 Å². The number of nitrogens with one attached hydrogen (secondary N) is 3. The Morgan fingerprint density at radius 2 is 1.60 bits per heavy atom. The maximum absolute atomic E-state index is 15.0. The van der Waals surface area contributed by atoms with E-state index in [-0.39, 0.29) is 39.7 Å². The number of hydrogen-bond donors (Lipinski definition) is 4. The van der Waals surface area contributed by atoms with E-state index >= 15 is 0 Å². The van der Waals surface area contributed by atoms with Gasteiger partial charge in [-0.25, -0.2) is 4.98 Å². The molecule has 5 aliphatic rings. The third-order valence-corrected chi connectivity index (χ3v) is 14.0. The number of Topliss-reactive ketones (excluding diaryl/α,β-unsaturated/α-hetero) is 1. The molecule has 13 heteroatoms. The molecule has 1 unspecified atom stereocenters. The molecule has 52 heavy (non-hydrogen) atoms. The van der Waals surface area contributed by atoms with Crippen molar-refractivity contribution in [1.29, 1.82) is 0 Å². The third-order valence-electron chi connectivity index (χ3n) is 14.0. The second-order valence-electron chi connectivity index (χ2n) is 17.9. The molecule has 1 saturated heterocycles. The zero-order valence-corrected chi connectivity index (χ0v) is 31.5. The predicted molar refractivity (Wildman–Crippen MR) is 192 cm³/mol. The van der Waals surface area contributed by atoms with E-state index < -0.39 is 59.0 Å². The highest BCUT2D eigenvalue weighted by atomic mass is 16.2. The Bertz CT molecular complexity index is 1580. The Labute approximate surface area is 306 Å². The number of hydrogen-bond acceptors (Lipinski definition) is 8. The van der Waals surface area contributed by atoms with Gasteiger partial charge in [-0.3, -0.25) is 33.8 Å². The van der Waals surface area contributed by atoms with Crippen molar-refractivity contribution in [2.45, 2.75) is 142 Å². The largest absolute Gasteiger partial charge is 0.363 e. The number of primary amides is 1. The van der Waals surface area contributed by atoms with Gasteiger partial charge in [0.15, 0.2) is 0 Å². The van der Waals surface area contributed by atoms with Crippen LogP contribution in [0.2, 0.25) is 0 Å². The Morgan fingerprint density at radius 3 is 2.12 bits per heavy atom. The van der Waals surface area contributed by atoms with Crippen LogP contribution in [0.25, 0.3) is 0 Å². The molecule has 4 aliphatic carbocycles. The van der Waals surface area contributed by atoms with Crippen LogP contribution < -0.4 is 21.7 Å². The summed E-state index contributed by atoms with van der Waals surface area (Å²) in [5.74, 6) is -3.65. The molecule has 2 spiro atoms. The van der Waals surface area contributed by atoms with E-state index in [4.69, 9.17) is 5.73 Å². The smallest absolute Gasteiger partial charge is 0.287 e. The lowest BCUT2D eigenvalue weighted by Crippen LogP contribution is -2.62. The monoisotopic (exact) mass is 719 g/mol. The molecule has 1 aromatic heterocycles. The van der Waals surface area contributed by atoms with Gasteiger partial charge in [0.25, 0.3) is 11.8 Å². The molecule has 5 atom stereocenters. The van der Waals surface area contributed by atoms with Gasteiger partial charge < -0.3 is 26.6 Å². The van der Waals surface area contributed by atoms with Crippen molar-refractivity contribution in [3.8, 4) is 0 Å². The molecule has 284 valence electrons. The molecule has 0 bridgehead atoms. The summed E-state index contributed by atoms with van der Waals surface area (Å²) in [6, 6.07) is -3.88. The zero-order chi connectivity index (χ0) is 37.6. The van der Waals surface area contributed by atoms with Crippen molar-refractivity contribution in [3.05, 3.63) is 24.3 Å². The summed E-state index contributed by atoms with van der Waals surface area (Å²) in [6.07, 6.45) is 15.4. The molecule has 1 aromatic rings. The number of ketones is 1. The normalized spacial score (nSPS) is 26.7. The minimum absolute atomic E-state index is 0.0130. The summed E-state index contributed by atoms with van der Waals surface area (Å²) >= 11 is 0. The maximum Gasteiger partial charge on any atom is 0.287 e.